The van der Waals surface area contributed by atoms with Crippen LogP contribution in [-0.4, -0.2) is 41.7 Å². The molecule has 1 saturated heterocycles. The zero-order valence-electron chi connectivity index (χ0n) is 13.2. The highest BCUT2D eigenvalue weighted by Crippen LogP contribution is 2.21. The monoisotopic (exact) mass is 290 g/mol. The van der Waals surface area contributed by atoms with Gasteiger partial charge in [-0.25, -0.2) is 0 Å². The van der Waals surface area contributed by atoms with Gasteiger partial charge in [-0.3, -0.25) is 4.79 Å². The molecule has 4 nitrogen and oxygen atoms in total. The van der Waals surface area contributed by atoms with Crippen LogP contribution < -0.4 is 5.32 Å². The van der Waals surface area contributed by atoms with E-state index in [1.54, 1.807) is 4.90 Å². The van der Waals surface area contributed by atoms with Crippen molar-refractivity contribution < 1.29 is 9.90 Å². The summed E-state index contributed by atoms with van der Waals surface area (Å²) >= 11 is 0. The van der Waals surface area contributed by atoms with Crippen molar-refractivity contribution in [2.24, 2.45) is 0 Å². The van der Waals surface area contributed by atoms with E-state index in [1.165, 1.54) is 11.1 Å². The fourth-order valence-corrected chi connectivity index (χ4v) is 2.72. The molecule has 0 saturated carbocycles. The number of nitrogens with zero attached hydrogens (tertiary/aromatic N) is 1. The number of carbonyl (C=O) groups is 1. The van der Waals surface area contributed by atoms with E-state index in [9.17, 15) is 9.90 Å². The fourth-order valence-electron chi connectivity index (χ4n) is 2.72. The normalized spacial score (nSPS) is 17.3. The third-order valence-corrected chi connectivity index (χ3v) is 4.12. The Morgan fingerprint density at radius 3 is 2.81 bits per heavy atom. The Hall–Kier alpha value is -1.39. The first kappa shape index (κ1) is 16.0. The standard InChI is InChI=1S/C17H26N2O2/c1-13-6-4-7-14(10-13)17(2,3)18-11-15(20)12-19-9-5-8-16(19)21/h4,6-7,10,15,18,20H,5,8-9,11-12H2,1-3H3. The lowest BCUT2D eigenvalue weighted by Gasteiger charge is -2.29. The summed E-state index contributed by atoms with van der Waals surface area (Å²) in [5.74, 6) is 0.159. The van der Waals surface area contributed by atoms with Gasteiger partial charge in [0.05, 0.1) is 6.10 Å². The summed E-state index contributed by atoms with van der Waals surface area (Å²) < 4.78 is 0. The number of β-amino-alcohol motifs (C(OH)–C–C–N with tert-alkyl or cyclic N) is 1. The molecular formula is C17H26N2O2. The number of aliphatic hydroxyl groups excluding tert-OH is 1. The van der Waals surface area contributed by atoms with Gasteiger partial charge in [0, 0.05) is 31.6 Å². The molecule has 21 heavy (non-hydrogen) atoms. The molecule has 1 fully saturated rings. The van der Waals surface area contributed by atoms with Gasteiger partial charge in [0.15, 0.2) is 0 Å². The zero-order valence-corrected chi connectivity index (χ0v) is 13.2. The minimum atomic E-state index is -0.531. The van der Waals surface area contributed by atoms with E-state index in [0.717, 1.165) is 13.0 Å². The van der Waals surface area contributed by atoms with Gasteiger partial charge in [0.25, 0.3) is 0 Å². The van der Waals surface area contributed by atoms with Gasteiger partial charge < -0.3 is 15.3 Å². The number of hydrogen-bond acceptors (Lipinski definition) is 3. The highest BCUT2D eigenvalue weighted by Gasteiger charge is 2.25. The first-order chi connectivity index (χ1) is 9.88. The average Bonchev–Trinajstić information content (AvgIpc) is 2.82. The van der Waals surface area contributed by atoms with Crippen molar-refractivity contribution in [3.8, 4) is 0 Å². The van der Waals surface area contributed by atoms with Crippen LogP contribution in [0.3, 0.4) is 0 Å². The molecule has 1 aromatic rings. The molecule has 2 N–H and O–H groups in total. The Labute approximate surface area is 127 Å². The Morgan fingerprint density at radius 1 is 1.43 bits per heavy atom. The first-order valence-corrected chi connectivity index (χ1v) is 7.66. The predicted octanol–water partition coefficient (Wildman–Crippen LogP) is 1.80. The lowest BCUT2D eigenvalue weighted by Crippen LogP contribution is -2.45. The minimum absolute atomic E-state index is 0.159. The van der Waals surface area contributed by atoms with Crippen LogP contribution in [0.15, 0.2) is 24.3 Å². The topological polar surface area (TPSA) is 52.6 Å². The summed E-state index contributed by atoms with van der Waals surface area (Å²) in [5, 5.41) is 13.5. The summed E-state index contributed by atoms with van der Waals surface area (Å²) in [4.78, 5) is 13.3. The highest BCUT2D eigenvalue weighted by atomic mass is 16.3. The van der Waals surface area contributed by atoms with E-state index in [4.69, 9.17) is 0 Å². The number of hydrogen-bond donors (Lipinski definition) is 2. The van der Waals surface area contributed by atoms with E-state index in [2.05, 4.69) is 44.3 Å². The van der Waals surface area contributed by atoms with Gasteiger partial charge in [-0.1, -0.05) is 29.8 Å². The van der Waals surface area contributed by atoms with Crippen LogP contribution in [0.1, 0.15) is 37.8 Å². The van der Waals surface area contributed by atoms with Gasteiger partial charge in [-0.05, 0) is 32.8 Å². The number of likely N-dealkylation sites (tertiary alicyclic amines) is 1. The van der Waals surface area contributed by atoms with E-state index >= 15 is 0 Å². The van der Waals surface area contributed by atoms with Crippen molar-refractivity contribution in [2.75, 3.05) is 19.6 Å². The third kappa shape index (κ3) is 4.29. The number of amides is 1. The van der Waals surface area contributed by atoms with Gasteiger partial charge >= 0.3 is 0 Å². The number of nitrogens with one attached hydrogen (secondary N) is 1. The predicted molar refractivity (Wildman–Crippen MR) is 84.0 cm³/mol. The van der Waals surface area contributed by atoms with Gasteiger partial charge in [0.1, 0.15) is 0 Å². The Morgan fingerprint density at radius 2 is 2.19 bits per heavy atom. The van der Waals surface area contributed by atoms with Crippen LogP contribution in [-0.2, 0) is 10.3 Å². The molecule has 1 aliphatic heterocycles. The summed E-state index contributed by atoms with van der Waals surface area (Å²) in [5.41, 5.74) is 2.22. The molecule has 1 aromatic carbocycles. The summed E-state index contributed by atoms with van der Waals surface area (Å²) in [6.45, 7) is 7.97. The number of benzene rings is 1. The SMILES string of the molecule is Cc1cccc(C(C)(C)NCC(O)CN2CCCC2=O)c1. The summed E-state index contributed by atoms with van der Waals surface area (Å²) in [6.07, 6.45) is 0.999. The van der Waals surface area contributed by atoms with E-state index in [1.807, 2.05) is 6.07 Å². The Balaban J connectivity index is 1.87. The van der Waals surface area contributed by atoms with E-state index < -0.39 is 6.10 Å². The van der Waals surface area contributed by atoms with Crippen LogP contribution in [0.5, 0.6) is 0 Å². The summed E-state index contributed by atoms with van der Waals surface area (Å²) in [6, 6.07) is 8.38. The largest absolute Gasteiger partial charge is 0.390 e. The molecule has 1 aliphatic rings. The molecule has 2 rings (SSSR count). The molecule has 0 aromatic heterocycles. The molecule has 1 unspecified atom stereocenters. The quantitative estimate of drug-likeness (QED) is 0.840. The second-order valence-electron chi connectivity index (χ2n) is 6.47. The van der Waals surface area contributed by atoms with Gasteiger partial charge in [-0.15, -0.1) is 0 Å². The minimum Gasteiger partial charge on any atom is -0.390 e. The van der Waals surface area contributed by atoms with Crippen molar-refractivity contribution in [1.29, 1.82) is 0 Å². The number of aryl methyl sites for hydroxylation is 1. The molecule has 1 amide bonds. The molecular weight excluding hydrogens is 264 g/mol. The molecule has 0 aliphatic carbocycles. The lowest BCUT2D eigenvalue weighted by atomic mass is 9.93. The van der Waals surface area contributed by atoms with Gasteiger partial charge in [-0.2, -0.15) is 0 Å². The fraction of sp³-hybridized carbons (Fsp3) is 0.588. The van der Waals surface area contributed by atoms with E-state index in [0.29, 0.717) is 19.5 Å². The first-order valence-electron chi connectivity index (χ1n) is 7.66. The van der Waals surface area contributed by atoms with Crippen LogP contribution in [0, 0.1) is 6.92 Å². The Kier molecular flexibility index (Phi) is 5.01. The van der Waals surface area contributed by atoms with Crippen LogP contribution in [0.4, 0.5) is 0 Å². The van der Waals surface area contributed by atoms with Crippen molar-refractivity contribution >= 4 is 5.91 Å². The highest BCUT2D eigenvalue weighted by molar-refractivity contribution is 5.78. The molecule has 1 atom stereocenters. The zero-order chi connectivity index (χ0) is 15.5. The molecule has 0 bridgehead atoms. The molecule has 1 heterocycles. The molecule has 116 valence electrons. The molecule has 0 spiro atoms. The van der Waals surface area contributed by atoms with Crippen molar-refractivity contribution in [2.45, 2.75) is 45.3 Å². The van der Waals surface area contributed by atoms with Gasteiger partial charge in [0.2, 0.25) is 5.91 Å². The molecule has 4 heteroatoms. The second-order valence-corrected chi connectivity index (χ2v) is 6.47. The van der Waals surface area contributed by atoms with Crippen LogP contribution in [0.2, 0.25) is 0 Å². The second kappa shape index (κ2) is 6.58. The maximum Gasteiger partial charge on any atom is 0.222 e. The van der Waals surface area contributed by atoms with Crippen molar-refractivity contribution in [1.82, 2.24) is 10.2 Å². The third-order valence-electron chi connectivity index (χ3n) is 4.12. The molecule has 0 radical (unpaired) electrons. The maximum absolute atomic E-state index is 11.6. The maximum atomic E-state index is 11.6. The number of carbonyl (C=O) groups excluding carboxylic acids is 1. The lowest BCUT2D eigenvalue weighted by molar-refractivity contribution is -0.128. The van der Waals surface area contributed by atoms with Crippen molar-refractivity contribution in [3.63, 3.8) is 0 Å². The van der Waals surface area contributed by atoms with Crippen molar-refractivity contribution in [3.05, 3.63) is 35.4 Å². The Bertz CT molecular complexity index is 499. The summed E-state index contributed by atoms with van der Waals surface area (Å²) in [7, 11) is 0. The van der Waals surface area contributed by atoms with Crippen LogP contribution >= 0.6 is 0 Å². The number of aliphatic hydroxyl groups is 1. The van der Waals surface area contributed by atoms with Crippen LogP contribution in [0.25, 0.3) is 0 Å². The average molecular weight is 290 g/mol. The van der Waals surface area contributed by atoms with E-state index in [-0.39, 0.29) is 11.4 Å². The smallest absolute Gasteiger partial charge is 0.222 e. The number of rotatable bonds is 6.